The SMILES string of the molecule is CCC(Oc1cccc(C)c1)c1nc2ccccc2n1Cc1ccc2ccccc2c1. The largest absolute Gasteiger partial charge is 0.483 e. The first-order chi connectivity index (χ1) is 15.2. The number of rotatable bonds is 6. The molecule has 1 atom stereocenters. The molecule has 3 heteroatoms. The summed E-state index contributed by atoms with van der Waals surface area (Å²) in [5, 5.41) is 2.52. The van der Waals surface area contributed by atoms with Crippen molar-refractivity contribution >= 4 is 21.8 Å². The zero-order valence-electron chi connectivity index (χ0n) is 18.0. The van der Waals surface area contributed by atoms with Gasteiger partial charge >= 0.3 is 0 Å². The molecule has 0 amide bonds. The van der Waals surface area contributed by atoms with E-state index in [4.69, 9.17) is 9.72 Å². The van der Waals surface area contributed by atoms with E-state index in [1.54, 1.807) is 0 Å². The van der Waals surface area contributed by atoms with E-state index in [0.717, 1.165) is 35.6 Å². The van der Waals surface area contributed by atoms with E-state index in [9.17, 15) is 0 Å². The highest BCUT2D eigenvalue weighted by molar-refractivity contribution is 5.83. The van der Waals surface area contributed by atoms with E-state index in [-0.39, 0.29) is 6.10 Å². The van der Waals surface area contributed by atoms with Gasteiger partial charge in [0.1, 0.15) is 5.75 Å². The van der Waals surface area contributed by atoms with Crippen LogP contribution >= 0.6 is 0 Å². The van der Waals surface area contributed by atoms with E-state index < -0.39 is 0 Å². The van der Waals surface area contributed by atoms with Gasteiger partial charge in [-0.15, -0.1) is 0 Å². The molecule has 1 aromatic heterocycles. The third-order valence-corrected chi connectivity index (χ3v) is 5.77. The van der Waals surface area contributed by atoms with Crippen LogP contribution in [-0.4, -0.2) is 9.55 Å². The van der Waals surface area contributed by atoms with E-state index in [0.29, 0.717) is 0 Å². The number of nitrogens with zero attached hydrogens (tertiary/aromatic N) is 2. The highest BCUT2D eigenvalue weighted by Gasteiger charge is 2.21. The fourth-order valence-electron chi connectivity index (χ4n) is 4.20. The van der Waals surface area contributed by atoms with Crippen LogP contribution in [0.3, 0.4) is 0 Å². The Kier molecular flexibility index (Phi) is 5.17. The molecule has 0 saturated heterocycles. The Hall–Kier alpha value is -3.59. The first kappa shape index (κ1) is 19.4. The maximum absolute atomic E-state index is 6.43. The summed E-state index contributed by atoms with van der Waals surface area (Å²) in [4.78, 5) is 5.00. The maximum Gasteiger partial charge on any atom is 0.156 e. The van der Waals surface area contributed by atoms with Crippen LogP contribution in [0.15, 0.2) is 91.0 Å². The maximum atomic E-state index is 6.43. The summed E-state index contributed by atoms with van der Waals surface area (Å²) in [5.41, 5.74) is 4.59. The Labute approximate surface area is 182 Å². The number of benzene rings is 4. The molecule has 4 aromatic carbocycles. The Morgan fingerprint density at radius 2 is 1.65 bits per heavy atom. The highest BCUT2D eigenvalue weighted by Crippen LogP contribution is 2.29. The number of fused-ring (bicyclic) bond motifs is 2. The van der Waals surface area contributed by atoms with Gasteiger partial charge in [0.15, 0.2) is 11.9 Å². The van der Waals surface area contributed by atoms with Crippen LogP contribution in [0.4, 0.5) is 0 Å². The van der Waals surface area contributed by atoms with Crippen molar-refractivity contribution < 1.29 is 4.74 Å². The zero-order valence-corrected chi connectivity index (χ0v) is 18.0. The van der Waals surface area contributed by atoms with Gasteiger partial charge in [-0.05, 0) is 65.6 Å². The number of para-hydroxylation sites is 2. The number of imidazole rings is 1. The van der Waals surface area contributed by atoms with Crippen LogP contribution in [0.1, 0.15) is 36.4 Å². The smallest absolute Gasteiger partial charge is 0.156 e. The van der Waals surface area contributed by atoms with Crippen molar-refractivity contribution in [1.29, 1.82) is 0 Å². The van der Waals surface area contributed by atoms with Crippen molar-refractivity contribution in [2.75, 3.05) is 0 Å². The van der Waals surface area contributed by atoms with Gasteiger partial charge in [0, 0.05) is 6.54 Å². The van der Waals surface area contributed by atoms with Gasteiger partial charge in [-0.1, -0.05) is 67.6 Å². The second kappa shape index (κ2) is 8.27. The summed E-state index contributed by atoms with van der Waals surface area (Å²) in [6, 6.07) is 31.7. The van der Waals surface area contributed by atoms with Gasteiger partial charge in [-0.25, -0.2) is 4.98 Å². The molecule has 31 heavy (non-hydrogen) atoms. The lowest BCUT2D eigenvalue weighted by atomic mass is 10.1. The summed E-state index contributed by atoms with van der Waals surface area (Å²) < 4.78 is 8.73. The molecule has 3 nitrogen and oxygen atoms in total. The average molecular weight is 407 g/mol. The standard InChI is InChI=1S/C28H26N2O/c1-3-27(31-24-12-8-9-20(2)17-24)28-29-25-13-6-7-14-26(25)30(28)19-21-15-16-22-10-4-5-11-23(22)18-21/h4-18,27H,3,19H2,1-2H3. The molecule has 154 valence electrons. The molecule has 0 spiro atoms. The van der Waals surface area contributed by atoms with Crippen molar-refractivity contribution in [2.24, 2.45) is 0 Å². The fourth-order valence-corrected chi connectivity index (χ4v) is 4.20. The molecule has 0 fully saturated rings. The molecule has 1 heterocycles. The molecule has 0 bridgehead atoms. The fraction of sp³-hybridized carbons (Fsp3) is 0.179. The molecule has 0 aliphatic carbocycles. The summed E-state index contributed by atoms with van der Waals surface area (Å²) in [6.45, 7) is 5.00. The molecule has 5 rings (SSSR count). The van der Waals surface area contributed by atoms with Crippen LogP contribution in [0, 0.1) is 6.92 Å². The van der Waals surface area contributed by atoms with E-state index in [1.807, 2.05) is 18.2 Å². The van der Waals surface area contributed by atoms with Crippen LogP contribution < -0.4 is 4.74 Å². The van der Waals surface area contributed by atoms with E-state index in [2.05, 4.69) is 91.2 Å². The molecule has 0 N–H and O–H groups in total. The molecule has 0 aliphatic rings. The third-order valence-electron chi connectivity index (χ3n) is 5.77. The van der Waals surface area contributed by atoms with Crippen molar-refractivity contribution in [3.8, 4) is 5.75 Å². The average Bonchev–Trinajstić information content (AvgIpc) is 3.15. The predicted molar refractivity (Wildman–Crippen MR) is 128 cm³/mol. The summed E-state index contributed by atoms with van der Waals surface area (Å²) in [5.74, 6) is 1.86. The van der Waals surface area contributed by atoms with Gasteiger partial charge in [0.05, 0.1) is 11.0 Å². The normalized spacial score (nSPS) is 12.3. The van der Waals surface area contributed by atoms with Gasteiger partial charge in [0.25, 0.3) is 0 Å². The van der Waals surface area contributed by atoms with Crippen molar-refractivity contribution in [2.45, 2.75) is 32.9 Å². The third kappa shape index (κ3) is 3.91. The second-order valence-corrected chi connectivity index (χ2v) is 8.06. The summed E-state index contributed by atoms with van der Waals surface area (Å²) in [7, 11) is 0. The molecule has 0 radical (unpaired) electrons. The minimum absolute atomic E-state index is 0.116. The molecular formula is C28H26N2O. The Morgan fingerprint density at radius 3 is 2.48 bits per heavy atom. The van der Waals surface area contributed by atoms with Crippen molar-refractivity contribution in [3.05, 3.63) is 108 Å². The Bertz CT molecular complexity index is 1350. The van der Waals surface area contributed by atoms with E-state index >= 15 is 0 Å². The van der Waals surface area contributed by atoms with Gasteiger partial charge in [-0.2, -0.15) is 0 Å². The molecular weight excluding hydrogens is 380 g/mol. The Morgan fingerprint density at radius 1 is 0.839 bits per heavy atom. The van der Waals surface area contributed by atoms with Crippen LogP contribution in [0.25, 0.3) is 21.8 Å². The van der Waals surface area contributed by atoms with Crippen LogP contribution in [0.2, 0.25) is 0 Å². The molecule has 0 aliphatic heterocycles. The first-order valence-electron chi connectivity index (χ1n) is 10.9. The molecule has 1 unspecified atom stereocenters. The van der Waals surface area contributed by atoms with Crippen LogP contribution in [-0.2, 0) is 6.54 Å². The Balaban J connectivity index is 1.56. The lowest BCUT2D eigenvalue weighted by Gasteiger charge is -2.19. The van der Waals surface area contributed by atoms with Gasteiger partial charge in [0.2, 0.25) is 0 Å². The van der Waals surface area contributed by atoms with Gasteiger partial charge in [-0.3, -0.25) is 0 Å². The van der Waals surface area contributed by atoms with E-state index in [1.165, 1.54) is 21.9 Å². The lowest BCUT2D eigenvalue weighted by Crippen LogP contribution is -2.15. The summed E-state index contributed by atoms with van der Waals surface area (Å²) >= 11 is 0. The topological polar surface area (TPSA) is 27.1 Å². The number of aromatic nitrogens is 2. The minimum Gasteiger partial charge on any atom is -0.483 e. The number of hydrogen-bond acceptors (Lipinski definition) is 2. The number of hydrogen-bond donors (Lipinski definition) is 0. The lowest BCUT2D eigenvalue weighted by molar-refractivity contribution is 0.187. The quantitative estimate of drug-likeness (QED) is 0.301. The zero-order chi connectivity index (χ0) is 21.2. The first-order valence-corrected chi connectivity index (χ1v) is 10.9. The molecule has 0 saturated carbocycles. The molecule has 5 aromatic rings. The van der Waals surface area contributed by atoms with Crippen molar-refractivity contribution in [3.63, 3.8) is 0 Å². The van der Waals surface area contributed by atoms with Crippen LogP contribution in [0.5, 0.6) is 5.75 Å². The van der Waals surface area contributed by atoms with Gasteiger partial charge < -0.3 is 9.30 Å². The monoisotopic (exact) mass is 406 g/mol. The summed E-state index contributed by atoms with van der Waals surface area (Å²) in [6.07, 6.45) is 0.726. The minimum atomic E-state index is -0.116. The number of ether oxygens (including phenoxy) is 1. The predicted octanol–water partition coefficient (Wildman–Crippen LogP) is 7.08. The van der Waals surface area contributed by atoms with Crippen molar-refractivity contribution in [1.82, 2.24) is 9.55 Å². The highest BCUT2D eigenvalue weighted by atomic mass is 16.5. The second-order valence-electron chi connectivity index (χ2n) is 8.06. The number of aryl methyl sites for hydroxylation is 1.